The lowest BCUT2D eigenvalue weighted by molar-refractivity contribution is 0.0949. The minimum Gasteiger partial charge on any atom is -0.481 e. The first-order chi connectivity index (χ1) is 12.7. The van der Waals surface area contributed by atoms with Gasteiger partial charge < -0.3 is 10.1 Å². The highest BCUT2D eigenvalue weighted by Gasteiger charge is 2.16. The van der Waals surface area contributed by atoms with E-state index in [0.29, 0.717) is 24.5 Å². The molecule has 2 aromatic heterocycles. The highest BCUT2D eigenvalue weighted by atomic mass is 16.5. The van der Waals surface area contributed by atoms with E-state index in [4.69, 9.17) is 4.74 Å². The van der Waals surface area contributed by atoms with Gasteiger partial charge in [0, 0.05) is 18.8 Å². The molecule has 3 aromatic rings. The van der Waals surface area contributed by atoms with Crippen LogP contribution in [0.15, 0.2) is 54.9 Å². The molecule has 0 aliphatic rings. The number of aromatic nitrogens is 3. The summed E-state index contributed by atoms with van der Waals surface area (Å²) in [5, 5.41) is 7.35. The van der Waals surface area contributed by atoms with Crippen LogP contribution >= 0.6 is 0 Å². The molecular weight excluding hydrogens is 328 g/mol. The maximum atomic E-state index is 12.6. The average molecular weight is 350 g/mol. The minimum absolute atomic E-state index is 0.128. The first-order valence-corrected chi connectivity index (χ1v) is 8.57. The van der Waals surface area contributed by atoms with Crippen LogP contribution in [0.2, 0.25) is 0 Å². The van der Waals surface area contributed by atoms with Crippen LogP contribution in [0.25, 0.3) is 0 Å². The number of ether oxygens (including phenoxy) is 1. The summed E-state index contributed by atoms with van der Waals surface area (Å²) < 4.78 is 6.99. The molecule has 0 saturated carbocycles. The Morgan fingerprint density at radius 3 is 2.73 bits per heavy atom. The zero-order chi connectivity index (χ0) is 18.4. The number of carbonyl (C=O) groups excluding carboxylic acids is 1. The second kappa shape index (κ2) is 8.29. The van der Waals surface area contributed by atoms with E-state index in [2.05, 4.69) is 27.5 Å². The molecule has 3 rings (SSSR count). The molecule has 0 saturated heterocycles. The maximum absolute atomic E-state index is 12.6. The van der Waals surface area contributed by atoms with Crippen LogP contribution in [-0.2, 0) is 19.5 Å². The molecule has 0 spiro atoms. The van der Waals surface area contributed by atoms with Gasteiger partial charge in [0.2, 0.25) is 5.88 Å². The summed E-state index contributed by atoms with van der Waals surface area (Å²) in [5.41, 5.74) is 3.63. The summed E-state index contributed by atoms with van der Waals surface area (Å²) in [7, 11) is 1.57. The fraction of sp³-hybridized carbons (Fsp3) is 0.250. The van der Waals surface area contributed by atoms with Crippen LogP contribution in [0.3, 0.4) is 0 Å². The second-order valence-corrected chi connectivity index (χ2v) is 5.89. The number of nitrogens with one attached hydrogen (secondary N) is 1. The number of benzene rings is 1. The molecule has 1 N–H and O–H groups in total. The average Bonchev–Trinajstić information content (AvgIpc) is 3.09. The topological polar surface area (TPSA) is 69.0 Å². The molecule has 0 aliphatic carbocycles. The number of amides is 1. The van der Waals surface area contributed by atoms with Crippen molar-refractivity contribution in [1.29, 1.82) is 0 Å². The van der Waals surface area contributed by atoms with Crippen molar-refractivity contribution in [2.45, 2.75) is 26.4 Å². The molecular formula is C20H22N4O2. The van der Waals surface area contributed by atoms with E-state index in [9.17, 15) is 4.79 Å². The van der Waals surface area contributed by atoms with E-state index >= 15 is 0 Å². The van der Waals surface area contributed by atoms with Crippen LogP contribution < -0.4 is 10.1 Å². The van der Waals surface area contributed by atoms with Crippen LogP contribution in [0.5, 0.6) is 5.88 Å². The molecule has 0 unspecified atom stereocenters. The summed E-state index contributed by atoms with van der Waals surface area (Å²) in [5.74, 6) is 0.401. The van der Waals surface area contributed by atoms with E-state index in [1.807, 2.05) is 35.9 Å². The van der Waals surface area contributed by atoms with Crippen molar-refractivity contribution < 1.29 is 9.53 Å². The van der Waals surface area contributed by atoms with E-state index < -0.39 is 0 Å². The summed E-state index contributed by atoms with van der Waals surface area (Å²) in [6.07, 6.45) is 4.04. The molecule has 1 aromatic carbocycles. The predicted octanol–water partition coefficient (Wildman–Crippen LogP) is 2.83. The number of pyridine rings is 1. The third kappa shape index (κ3) is 4.08. The Kier molecular flexibility index (Phi) is 5.63. The predicted molar refractivity (Wildman–Crippen MR) is 99.1 cm³/mol. The van der Waals surface area contributed by atoms with E-state index in [1.165, 1.54) is 0 Å². The zero-order valence-electron chi connectivity index (χ0n) is 15.0. The van der Waals surface area contributed by atoms with E-state index in [-0.39, 0.29) is 5.91 Å². The molecule has 0 atom stereocenters. The molecule has 0 fully saturated rings. The summed E-state index contributed by atoms with van der Waals surface area (Å²) in [4.78, 5) is 16.7. The van der Waals surface area contributed by atoms with Crippen molar-refractivity contribution in [3.8, 4) is 5.88 Å². The van der Waals surface area contributed by atoms with Crippen molar-refractivity contribution >= 4 is 5.91 Å². The smallest absolute Gasteiger partial charge is 0.255 e. The number of rotatable bonds is 7. The van der Waals surface area contributed by atoms with Gasteiger partial charge in [-0.2, -0.15) is 5.10 Å². The Morgan fingerprint density at radius 2 is 2.00 bits per heavy atom. The fourth-order valence-corrected chi connectivity index (χ4v) is 2.82. The number of nitrogens with zero attached hydrogens (tertiary/aromatic N) is 3. The quantitative estimate of drug-likeness (QED) is 0.711. The van der Waals surface area contributed by atoms with Crippen molar-refractivity contribution in [1.82, 2.24) is 20.1 Å². The van der Waals surface area contributed by atoms with Crippen LogP contribution in [-0.4, -0.2) is 27.8 Å². The number of hydrogen-bond donors (Lipinski definition) is 1. The normalized spacial score (nSPS) is 10.5. The first kappa shape index (κ1) is 17.7. The van der Waals surface area contributed by atoms with Crippen molar-refractivity contribution in [2.75, 3.05) is 7.11 Å². The van der Waals surface area contributed by atoms with Gasteiger partial charge in [-0.3, -0.25) is 9.48 Å². The summed E-state index contributed by atoms with van der Waals surface area (Å²) in [6.45, 7) is 3.09. The number of hydrogen-bond acceptors (Lipinski definition) is 4. The second-order valence-electron chi connectivity index (χ2n) is 5.89. The van der Waals surface area contributed by atoms with Gasteiger partial charge in [0.15, 0.2) is 0 Å². The standard InChI is InChI=1S/C20H22N4O2/c1-3-18-17(13-23-24(18)14-15-7-5-4-6-8-15)20(25)22-12-16-9-10-21-19(11-16)26-2/h4-11,13H,3,12,14H2,1-2H3,(H,22,25). The van der Waals surface area contributed by atoms with Crippen molar-refractivity contribution in [3.05, 3.63) is 77.2 Å². The number of carbonyl (C=O) groups is 1. The highest BCUT2D eigenvalue weighted by Crippen LogP contribution is 2.13. The lowest BCUT2D eigenvalue weighted by atomic mass is 10.1. The Balaban J connectivity index is 1.71. The first-order valence-electron chi connectivity index (χ1n) is 8.57. The molecule has 0 bridgehead atoms. The largest absolute Gasteiger partial charge is 0.481 e. The Labute approximate surface area is 152 Å². The van der Waals surface area contributed by atoms with E-state index in [1.54, 1.807) is 25.6 Å². The zero-order valence-corrected chi connectivity index (χ0v) is 15.0. The molecule has 26 heavy (non-hydrogen) atoms. The van der Waals surface area contributed by atoms with Crippen LogP contribution in [0.1, 0.15) is 34.1 Å². The molecule has 0 radical (unpaired) electrons. The minimum atomic E-state index is -0.128. The molecule has 0 aliphatic heterocycles. The number of methoxy groups -OCH3 is 1. The third-order valence-electron chi connectivity index (χ3n) is 4.16. The Morgan fingerprint density at radius 1 is 1.19 bits per heavy atom. The lowest BCUT2D eigenvalue weighted by Crippen LogP contribution is -2.24. The summed E-state index contributed by atoms with van der Waals surface area (Å²) in [6, 6.07) is 13.7. The fourth-order valence-electron chi connectivity index (χ4n) is 2.82. The van der Waals surface area contributed by atoms with Gasteiger partial charge in [0.05, 0.1) is 31.1 Å². The van der Waals surface area contributed by atoms with Crippen molar-refractivity contribution in [3.63, 3.8) is 0 Å². The SMILES string of the molecule is CCc1c(C(=O)NCc2ccnc(OC)c2)cnn1Cc1ccccc1. The lowest BCUT2D eigenvalue weighted by Gasteiger charge is -2.09. The van der Waals surface area contributed by atoms with Crippen LogP contribution in [0.4, 0.5) is 0 Å². The highest BCUT2D eigenvalue weighted by molar-refractivity contribution is 5.95. The third-order valence-corrected chi connectivity index (χ3v) is 4.16. The van der Waals surface area contributed by atoms with Gasteiger partial charge in [0.25, 0.3) is 5.91 Å². The Bertz CT molecular complexity index is 875. The monoisotopic (exact) mass is 350 g/mol. The molecule has 2 heterocycles. The molecule has 1 amide bonds. The van der Waals surface area contributed by atoms with Gasteiger partial charge in [-0.25, -0.2) is 4.98 Å². The molecule has 6 heteroatoms. The van der Waals surface area contributed by atoms with Gasteiger partial charge in [-0.15, -0.1) is 0 Å². The summed E-state index contributed by atoms with van der Waals surface area (Å²) >= 11 is 0. The molecule has 6 nitrogen and oxygen atoms in total. The van der Waals surface area contributed by atoms with Gasteiger partial charge in [-0.05, 0) is 23.6 Å². The van der Waals surface area contributed by atoms with Gasteiger partial charge >= 0.3 is 0 Å². The van der Waals surface area contributed by atoms with E-state index in [0.717, 1.165) is 23.2 Å². The van der Waals surface area contributed by atoms with Gasteiger partial charge in [0.1, 0.15) is 0 Å². The Hall–Kier alpha value is -3.15. The van der Waals surface area contributed by atoms with Gasteiger partial charge in [-0.1, -0.05) is 37.3 Å². The van der Waals surface area contributed by atoms with Crippen LogP contribution in [0, 0.1) is 0 Å². The molecule has 134 valence electrons. The maximum Gasteiger partial charge on any atom is 0.255 e. The van der Waals surface area contributed by atoms with Crippen molar-refractivity contribution in [2.24, 2.45) is 0 Å².